The highest BCUT2D eigenvalue weighted by Gasteiger charge is 1.74. The summed E-state index contributed by atoms with van der Waals surface area (Å²) in [5.41, 5.74) is 4.66. The maximum Gasteiger partial charge on any atom is 0.0640 e. The molecule has 2 nitrogen and oxygen atoms in total. The molecule has 34 valence electrons. The van der Waals surface area contributed by atoms with Crippen LogP contribution in [0.15, 0.2) is 0 Å². The van der Waals surface area contributed by atoms with Gasteiger partial charge in [0.2, 0.25) is 0 Å². The van der Waals surface area contributed by atoms with Crippen LogP contribution in [-0.4, -0.2) is 3.94 Å². The van der Waals surface area contributed by atoms with Crippen LogP contribution in [0.4, 0.5) is 0 Å². The van der Waals surface area contributed by atoms with Crippen LogP contribution in [-0.2, 0) is 0 Å². The highest BCUT2D eigenvalue weighted by molar-refractivity contribution is 6.35. The van der Waals surface area contributed by atoms with E-state index < -0.39 is 0 Å². The third kappa shape index (κ3) is 3.74. The molecule has 0 aliphatic carbocycles. The summed E-state index contributed by atoms with van der Waals surface area (Å²) >= 11 is 9.85. The maximum absolute atomic E-state index is 4.92. The number of hydrogen-bond donors (Lipinski definition) is 1. The fraction of sp³-hybridized carbons (Fsp3) is 0. The SMILES string of the molecule is NC#CN(Cl)Cl. The van der Waals surface area contributed by atoms with E-state index in [1.807, 2.05) is 6.04 Å². The van der Waals surface area contributed by atoms with Gasteiger partial charge in [0, 0.05) is 29.6 Å². The molecule has 4 heteroatoms. The van der Waals surface area contributed by atoms with Gasteiger partial charge in [-0.05, 0) is 0 Å². The average molecular weight is 125 g/mol. The molecule has 0 aliphatic heterocycles. The lowest BCUT2D eigenvalue weighted by atomic mass is 11.1. The first kappa shape index (κ1) is 5.74. The van der Waals surface area contributed by atoms with Crippen LogP contribution in [0.2, 0.25) is 0 Å². The molecule has 0 amide bonds. The molecule has 0 rings (SSSR count). The molecule has 0 aliphatic rings. The first-order valence-electron chi connectivity index (χ1n) is 1.10. The Morgan fingerprint density at radius 1 is 1.50 bits per heavy atom. The third-order valence-corrected chi connectivity index (χ3v) is 0.318. The quantitative estimate of drug-likeness (QED) is 0.289. The normalized spacial score (nSPS) is 5.67. The number of rotatable bonds is 0. The highest BCUT2D eigenvalue weighted by Crippen LogP contribution is 1.91. The number of halogens is 2. The van der Waals surface area contributed by atoms with Crippen LogP contribution in [0.5, 0.6) is 0 Å². The summed E-state index contributed by atoms with van der Waals surface area (Å²) in [6.45, 7) is 0. The minimum atomic E-state index is 0.639. The zero-order valence-corrected chi connectivity index (χ0v) is 4.29. The second-order valence-corrected chi connectivity index (χ2v) is 1.34. The van der Waals surface area contributed by atoms with Gasteiger partial charge in [0.1, 0.15) is 0 Å². The Balaban J connectivity index is 3.20. The Morgan fingerprint density at radius 3 is 2.00 bits per heavy atom. The second-order valence-electron chi connectivity index (χ2n) is 0.489. The maximum atomic E-state index is 4.92. The molecule has 0 aromatic rings. The lowest BCUT2D eigenvalue weighted by Gasteiger charge is -1.83. The molecule has 6 heavy (non-hydrogen) atoms. The summed E-state index contributed by atoms with van der Waals surface area (Å²) in [5.74, 6) is 0. The molecule has 0 spiro atoms. The number of nitrogens with two attached hydrogens (primary N) is 1. The molecule has 0 aromatic carbocycles. The minimum absolute atomic E-state index is 0.639. The van der Waals surface area contributed by atoms with Gasteiger partial charge < -0.3 is 5.73 Å². The van der Waals surface area contributed by atoms with Crippen LogP contribution in [0.3, 0.4) is 0 Å². The van der Waals surface area contributed by atoms with Crippen LogP contribution in [0, 0.1) is 12.1 Å². The van der Waals surface area contributed by atoms with Crippen molar-refractivity contribution in [2.24, 2.45) is 5.73 Å². The van der Waals surface area contributed by atoms with E-state index in [9.17, 15) is 0 Å². The summed E-state index contributed by atoms with van der Waals surface area (Å²) in [5, 5.41) is 0. The van der Waals surface area contributed by atoms with Crippen molar-refractivity contribution in [3.05, 3.63) is 0 Å². The summed E-state index contributed by atoms with van der Waals surface area (Å²) < 4.78 is 0.639. The molecule has 0 saturated carbocycles. The van der Waals surface area contributed by atoms with Gasteiger partial charge in [0.05, 0.1) is 6.04 Å². The molecular weight excluding hydrogens is 123 g/mol. The van der Waals surface area contributed by atoms with Crippen molar-refractivity contribution < 1.29 is 0 Å². The van der Waals surface area contributed by atoms with Gasteiger partial charge in [-0.2, -0.15) is 0 Å². The molecule has 0 saturated heterocycles. The second kappa shape index (κ2) is 2.95. The van der Waals surface area contributed by atoms with E-state index in [1.165, 1.54) is 0 Å². The van der Waals surface area contributed by atoms with E-state index in [-0.39, 0.29) is 0 Å². The zero-order chi connectivity index (χ0) is 4.99. The lowest BCUT2D eigenvalue weighted by Crippen LogP contribution is -1.85. The Hall–Kier alpha value is -0.260. The van der Waals surface area contributed by atoms with Crippen molar-refractivity contribution in [1.82, 2.24) is 3.94 Å². The molecule has 0 aromatic heterocycles. The molecule has 2 N–H and O–H groups in total. The van der Waals surface area contributed by atoms with Gasteiger partial charge in [0.25, 0.3) is 0 Å². The smallest absolute Gasteiger partial charge is 0.0640 e. The molecule has 0 fully saturated rings. The molecule has 0 radical (unpaired) electrons. The van der Waals surface area contributed by atoms with Crippen LogP contribution >= 0.6 is 23.6 Å². The van der Waals surface area contributed by atoms with Crippen LogP contribution in [0.25, 0.3) is 0 Å². The van der Waals surface area contributed by atoms with Gasteiger partial charge in [-0.1, -0.05) is 0 Å². The monoisotopic (exact) mass is 124 g/mol. The van der Waals surface area contributed by atoms with Crippen molar-refractivity contribution in [2.45, 2.75) is 0 Å². The van der Waals surface area contributed by atoms with Gasteiger partial charge in [0.15, 0.2) is 0 Å². The van der Waals surface area contributed by atoms with E-state index in [0.717, 1.165) is 0 Å². The molecule has 0 heterocycles. The van der Waals surface area contributed by atoms with Crippen molar-refractivity contribution in [1.29, 1.82) is 0 Å². The Kier molecular flexibility index (Phi) is 2.82. The fourth-order valence-electron chi connectivity index (χ4n) is 0.0488. The number of hydrogen-bond acceptors (Lipinski definition) is 2. The number of nitrogens with zero attached hydrogens (tertiary/aromatic N) is 1. The highest BCUT2D eigenvalue weighted by atomic mass is 35.5. The standard InChI is InChI=1S/C2H2Cl2N2/c3-6(4)2-1-5/h5H2. The Morgan fingerprint density at radius 2 is 2.00 bits per heavy atom. The molecular formula is C2H2Cl2N2. The topological polar surface area (TPSA) is 29.3 Å². The van der Waals surface area contributed by atoms with Gasteiger partial charge in [-0.3, -0.25) is 0 Å². The predicted molar refractivity (Wildman–Crippen MR) is 25.5 cm³/mol. The predicted octanol–water partition coefficient (Wildman–Crippen LogP) is 0.473. The van der Waals surface area contributed by atoms with Gasteiger partial charge in [-0.15, -0.1) is 3.94 Å². The third-order valence-electron chi connectivity index (χ3n) is 0.149. The Bertz CT molecular complexity index is 79.3. The van der Waals surface area contributed by atoms with E-state index in [0.29, 0.717) is 3.94 Å². The van der Waals surface area contributed by atoms with Gasteiger partial charge in [-0.25, -0.2) is 0 Å². The summed E-state index contributed by atoms with van der Waals surface area (Å²) in [7, 11) is 0. The van der Waals surface area contributed by atoms with E-state index in [4.69, 9.17) is 23.6 Å². The summed E-state index contributed by atoms with van der Waals surface area (Å²) in [6.07, 6.45) is 0. The minimum Gasteiger partial charge on any atom is -0.358 e. The molecule has 0 unspecified atom stereocenters. The van der Waals surface area contributed by atoms with Crippen LogP contribution in [0.1, 0.15) is 0 Å². The van der Waals surface area contributed by atoms with E-state index in [2.05, 4.69) is 11.8 Å². The first-order valence-corrected chi connectivity index (χ1v) is 1.78. The van der Waals surface area contributed by atoms with Crippen molar-refractivity contribution >= 4 is 23.6 Å². The molecule has 0 atom stereocenters. The van der Waals surface area contributed by atoms with Crippen molar-refractivity contribution in [3.63, 3.8) is 0 Å². The summed E-state index contributed by atoms with van der Waals surface area (Å²) in [4.78, 5) is 0. The largest absolute Gasteiger partial charge is 0.358 e. The lowest BCUT2D eigenvalue weighted by molar-refractivity contribution is 1.05. The summed E-state index contributed by atoms with van der Waals surface area (Å²) in [6, 6.07) is 4.08. The van der Waals surface area contributed by atoms with Crippen molar-refractivity contribution in [3.8, 4) is 12.1 Å². The van der Waals surface area contributed by atoms with E-state index in [1.54, 1.807) is 0 Å². The molecule has 0 bridgehead atoms. The van der Waals surface area contributed by atoms with Gasteiger partial charge >= 0.3 is 0 Å². The first-order chi connectivity index (χ1) is 2.77. The van der Waals surface area contributed by atoms with E-state index >= 15 is 0 Å². The average Bonchev–Trinajstić information content (AvgIpc) is 1.35. The zero-order valence-electron chi connectivity index (χ0n) is 2.78. The van der Waals surface area contributed by atoms with Crippen LogP contribution < -0.4 is 5.73 Å². The fourth-order valence-corrected chi connectivity index (χ4v) is 0.146. The Labute approximate surface area is 46.0 Å². The van der Waals surface area contributed by atoms with Crippen molar-refractivity contribution in [2.75, 3.05) is 0 Å².